The van der Waals surface area contributed by atoms with Crippen LogP contribution in [0.25, 0.3) is 11.3 Å². The van der Waals surface area contributed by atoms with Crippen LogP contribution in [0.4, 0.5) is 5.13 Å². The summed E-state index contributed by atoms with van der Waals surface area (Å²) >= 11 is 1.28. The smallest absolute Gasteiger partial charge is 0.257 e. The van der Waals surface area contributed by atoms with Gasteiger partial charge in [0.1, 0.15) is 5.75 Å². The van der Waals surface area contributed by atoms with Crippen molar-refractivity contribution in [3.8, 4) is 23.1 Å². The van der Waals surface area contributed by atoms with E-state index < -0.39 is 0 Å². The lowest BCUT2D eigenvalue weighted by molar-refractivity contribution is 0.102. The number of nitriles is 1. The summed E-state index contributed by atoms with van der Waals surface area (Å²) in [6.07, 6.45) is 0. The number of hydrogen-bond acceptors (Lipinski definition) is 5. The molecule has 0 saturated carbocycles. The number of rotatable bonds is 3. The van der Waals surface area contributed by atoms with Gasteiger partial charge in [-0.05, 0) is 36.4 Å². The summed E-state index contributed by atoms with van der Waals surface area (Å²) in [6.45, 7) is 0. The van der Waals surface area contributed by atoms with E-state index in [0.29, 0.717) is 27.5 Å². The number of benzene rings is 2. The van der Waals surface area contributed by atoms with Crippen molar-refractivity contribution in [3.63, 3.8) is 0 Å². The number of phenols is 1. The van der Waals surface area contributed by atoms with Gasteiger partial charge in [-0.2, -0.15) is 5.26 Å². The van der Waals surface area contributed by atoms with Gasteiger partial charge in [-0.3, -0.25) is 10.1 Å². The van der Waals surface area contributed by atoms with E-state index in [2.05, 4.69) is 10.3 Å². The maximum atomic E-state index is 12.1. The van der Waals surface area contributed by atoms with Crippen LogP contribution in [0, 0.1) is 11.3 Å². The predicted molar refractivity (Wildman–Crippen MR) is 88.3 cm³/mol. The zero-order chi connectivity index (χ0) is 16.2. The lowest BCUT2D eigenvalue weighted by Crippen LogP contribution is -2.11. The highest BCUT2D eigenvalue weighted by Crippen LogP contribution is 2.31. The van der Waals surface area contributed by atoms with E-state index in [-0.39, 0.29) is 11.7 Å². The molecule has 2 N–H and O–H groups in total. The summed E-state index contributed by atoms with van der Waals surface area (Å²) in [5, 5.41) is 23.5. The van der Waals surface area contributed by atoms with Crippen molar-refractivity contribution >= 4 is 22.4 Å². The van der Waals surface area contributed by atoms with Gasteiger partial charge in [0, 0.05) is 16.5 Å². The maximum Gasteiger partial charge on any atom is 0.257 e. The van der Waals surface area contributed by atoms with Gasteiger partial charge in [0.2, 0.25) is 0 Å². The second kappa shape index (κ2) is 6.30. The first kappa shape index (κ1) is 14.8. The molecule has 1 amide bonds. The summed E-state index contributed by atoms with van der Waals surface area (Å²) in [7, 11) is 0. The summed E-state index contributed by atoms with van der Waals surface area (Å²) < 4.78 is 0. The molecule has 0 aliphatic carbocycles. The van der Waals surface area contributed by atoms with Crippen molar-refractivity contribution < 1.29 is 9.90 Å². The Morgan fingerprint density at radius 2 is 1.91 bits per heavy atom. The molecule has 0 unspecified atom stereocenters. The molecule has 2 aromatic carbocycles. The largest absolute Gasteiger partial charge is 0.507 e. The second-order valence-electron chi connectivity index (χ2n) is 4.70. The van der Waals surface area contributed by atoms with E-state index in [9.17, 15) is 9.90 Å². The van der Waals surface area contributed by atoms with Gasteiger partial charge < -0.3 is 5.11 Å². The summed E-state index contributed by atoms with van der Waals surface area (Å²) in [5.74, 6) is -0.157. The number of carbonyl (C=O) groups excluding carboxylic acids is 1. The minimum atomic E-state index is -0.298. The third kappa shape index (κ3) is 3.20. The van der Waals surface area contributed by atoms with Crippen molar-refractivity contribution in [2.45, 2.75) is 0 Å². The van der Waals surface area contributed by atoms with Crippen LogP contribution >= 0.6 is 11.3 Å². The Morgan fingerprint density at radius 3 is 2.61 bits per heavy atom. The molecular formula is C17H11N3O2S. The average Bonchev–Trinajstić information content (AvgIpc) is 3.03. The summed E-state index contributed by atoms with van der Waals surface area (Å²) in [5.41, 5.74) is 2.16. The number of hydrogen-bond donors (Lipinski definition) is 2. The molecule has 3 rings (SSSR count). The van der Waals surface area contributed by atoms with Crippen LogP contribution in [0.2, 0.25) is 0 Å². The van der Waals surface area contributed by atoms with Crippen molar-refractivity contribution in [2.75, 3.05) is 5.32 Å². The minimum absolute atomic E-state index is 0.141. The van der Waals surface area contributed by atoms with Gasteiger partial charge in [-0.25, -0.2) is 4.98 Å². The Bertz CT molecular complexity index is 895. The Labute approximate surface area is 136 Å². The van der Waals surface area contributed by atoms with Crippen LogP contribution in [0.1, 0.15) is 15.9 Å². The van der Waals surface area contributed by atoms with Crippen LogP contribution in [0.5, 0.6) is 5.75 Å². The van der Waals surface area contributed by atoms with E-state index in [1.54, 1.807) is 47.8 Å². The van der Waals surface area contributed by atoms with Gasteiger partial charge in [-0.15, -0.1) is 11.3 Å². The van der Waals surface area contributed by atoms with Gasteiger partial charge >= 0.3 is 0 Å². The molecule has 0 saturated heterocycles. The molecule has 6 heteroatoms. The van der Waals surface area contributed by atoms with E-state index >= 15 is 0 Å². The molecule has 0 atom stereocenters. The number of para-hydroxylation sites is 1. The van der Waals surface area contributed by atoms with Crippen molar-refractivity contribution in [3.05, 3.63) is 65.0 Å². The van der Waals surface area contributed by atoms with Crippen molar-refractivity contribution in [1.82, 2.24) is 4.98 Å². The first-order chi connectivity index (χ1) is 11.2. The zero-order valence-electron chi connectivity index (χ0n) is 11.9. The third-order valence-corrected chi connectivity index (χ3v) is 3.94. The molecular weight excluding hydrogens is 310 g/mol. The number of aromatic hydroxyl groups is 1. The lowest BCUT2D eigenvalue weighted by atomic mass is 10.1. The van der Waals surface area contributed by atoms with Gasteiger partial charge in [0.05, 0.1) is 17.3 Å². The van der Waals surface area contributed by atoms with E-state index in [1.165, 1.54) is 11.3 Å². The molecule has 112 valence electrons. The summed E-state index contributed by atoms with van der Waals surface area (Å²) in [6, 6.07) is 15.2. The molecule has 1 aromatic heterocycles. The fourth-order valence-corrected chi connectivity index (χ4v) is 2.72. The predicted octanol–water partition coefficient (Wildman–Crippen LogP) is 3.64. The number of nitrogens with zero attached hydrogens (tertiary/aromatic N) is 2. The Hall–Kier alpha value is -3.17. The lowest BCUT2D eigenvalue weighted by Gasteiger charge is -2.02. The van der Waals surface area contributed by atoms with Crippen molar-refractivity contribution in [1.29, 1.82) is 5.26 Å². The molecule has 0 radical (unpaired) electrons. The average molecular weight is 321 g/mol. The van der Waals surface area contributed by atoms with Gasteiger partial charge in [-0.1, -0.05) is 12.1 Å². The fourth-order valence-electron chi connectivity index (χ4n) is 2.01. The molecule has 5 nitrogen and oxygen atoms in total. The molecule has 0 bridgehead atoms. The molecule has 3 aromatic rings. The topological polar surface area (TPSA) is 86.0 Å². The fraction of sp³-hybridized carbons (Fsp3) is 0. The molecule has 0 spiro atoms. The Kier molecular flexibility index (Phi) is 4.04. The molecule has 0 aliphatic rings. The monoisotopic (exact) mass is 321 g/mol. The number of aromatic nitrogens is 1. The Morgan fingerprint density at radius 1 is 1.17 bits per heavy atom. The highest BCUT2D eigenvalue weighted by molar-refractivity contribution is 7.14. The maximum absolute atomic E-state index is 12.1. The second-order valence-corrected chi connectivity index (χ2v) is 5.56. The highest BCUT2D eigenvalue weighted by Gasteiger charge is 2.11. The van der Waals surface area contributed by atoms with Crippen LogP contribution in [0.3, 0.4) is 0 Å². The normalized spacial score (nSPS) is 10.0. The minimum Gasteiger partial charge on any atom is -0.507 e. The van der Waals surface area contributed by atoms with Crippen LogP contribution in [-0.4, -0.2) is 16.0 Å². The van der Waals surface area contributed by atoms with Crippen LogP contribution in [-0.2, 0) is 0 Å². The van der Waals surface area contributed by atoms with Gasteiger partial charge in [0.25, 0.3) is 5.91 Å². The van der Waals surface area contributed by atoms with Crippen LogP contribution in [0.15, 0.2) is 53.9 Å². The number of anilines is 1. The number of nitrogens with one attached hydrogen (secondary N) is 1. The standard InChI is InChI=1S/C17H11N3O2S/c18-9-11-5-7-12(8-6-11)16(22)20-17-19-14(10-23-17)13-3-1-2-4-15(13)21/h1-8,10,21H,(H,19,20,22). The quantitative estimate of drug-likeness (QED) is 0.771. The zero-order valence-corrected chi connectivity index (χ0v) is 12.7. The number of carbonyl (C=O) groups is 1. The number of thiazole rings is 1. The SMILES string of the molecule is N#Cc1ccc(C(=O)Nc2nc(-c3ccccc3O)cs2)cc1. The van der Waals surface area contributed by atoms with E-state index in [0.717, 1.165) is 0 Å². The molecule has 0 fully saturated rings. The van der Waals surface area contributed by atoms with Crippen LogP contribution < -0.4 is 5.32 Å². The highest BCUT2D eigenvalue weighted by atomic mass is 32.1. The first-order valence-electron chi connectivity index (χ1n) is 6.73. The third-order valence-electron chi connectivity index (χ3n) is 3.18. The first-order valence-corrected chi connectivity index (χ1v) is 7.61. The number of amides is 1. The molecule has 1 heterocycles. The number of phenolic OH excluding ortho intramolecular Hbond substituents is 1. The molecule has 23 heavy (non-hydrogen) atoms. The van der Waals surface area contributed by atoms with Gasteiger partial charge in [0.15, 0.2) is 5.13 Å². The van der Waals surface area contributed by atoms with E-state index in [4.69, 9.17) is 5.26 Å². The Balaban J connectivity index is 1.77. The van der Waals surface area contributed by atoms with E-state index in [1.807, 2.05) is 12.1 Å². The molecule has 0 aliphatic heterocycles. The van der Waals surface area contributed by atoms with Crippen molar-refractivity contribution in [2.24, 2.45) is 0 Å². The summed E-state index contributed by atoms with van der Waals surface area (Å²) in [4.78, 5) is 16.5.